The molecule has 1 unspecified atom stereocenters. The number of nitrogens with one attached hydrogen (secondary N) is 1. The van der Waals surface area contributed by atoms with Crippen molar-refractivity contribution < 1.29 is 9.53 Å². The highest BCUT2D eigenvalue weighted by atomic mass is 32.1. The van der Waals surface area contributed by atoms with Gasteiger partial charge in [-0.05, 0) is 12.8 Å². The zero-order chi connectivity index (χ0) is 15.7. The van der Waals surface area contributed by atoms with E-state index < -0.39 is 0 Å². The van der Waals surface area contributed by atoms with Crippen molar-refractivity contribution in [2.45, 2.75) is 26.8 Å². The number of nitrogens with two attached hydrogens (primary N) is 1. The number of hydrogen-bond donors (Lipinski definition) is 2. The average molecular weight is 310 g/mol. The molecule has 0 saturated carbocycles. The van der Waals surface area contributed by atoms with E-state index in [4.69, 9.17) is 10.5 Å². The monoisotopic (exact) mass is 310 g/mol. The van der Waals surface area contributed by atoms with E-state index in [9.17, 15) is 4.79 Å². The Hall–Kier alpha value is -1.60. The summed E-state index contributed by atoms with van der Waals surface area (Å²) in [6.07, 6.45) is 0. The van der Waals surface area contributed by atoms with Crippen LogP contribution in [-0.4, -0.2) is 35.4 Å². The zero-order valence-corrected chi connectivity index (χ0v) is 13.9. The molecule has 3 N–H and O–H groups in total. The van der Waals surface area contributed by atoms with Gasteiger partial charge >= 0.3 is 0 Å². The Labute approximate surface area is 128 Å². The van der Waals surface area contributed by atoms with Crippen LogP contribution in [0.4, 0.5) is 5.69 Å². The lowest BCUT2D eigenvalue weighted by Crippen LogP contribution is -2.41. The lowest BCUT2D eigenvalue weighted by molar-refractivity contribution is 0.0871. The van der Waals surface area contributed by atoms with Crippen LogP contribution in [0.2, 0.25) is 0 Å². The summed E-state index contributed by atoms with van der Waals surface area (Å²) in [6.45, 7) is 6.47. The highest BCUT2D eigenvalue weighted by Gasteiger charge is 2.23. The van der Waals surface area contributed by atoms with Crippen LogP contribution >= 0.6 is 11.3 Å². The van der Waals surface area contributed by atoms with Gasteiger partial charge in [-0.3, -0.25) is 9.48 Å². The molecule has 2 aromatic heterocycles. The fraction of sp³-hybridized carbons (Fsp3) is 0.571. The molecule has 2 aromatic rings. The van der Waals surface area contributed by atoms with Crippen LogP contribution in [0.3, 0.4) is 0 Å². The van der Waals surface area contributed by atoms with Gasteiger partial charge in [0.1, 0.15) is 9.71 Å². The average Bonchev–Trinajstić information content (AvgIpc) is 2.88. The van der Waals surface area contributed by atoms with Crippen LogP contribution in [0.15, 0.2) is 0 Å². The standard InChI is InChI=1S/C14H22N4O2S/c1-7(2)9(6-20-5)16-13(19)12-11(15)10-8(3)17-18(4)14(10)21-12/h7,9H,6,15H2,1-5H3,(H,16,19). The molecule has 7 heteroatoms. The number of methoxy groups -OCH3 is 1. The van der Waals surface area contributed by atoms with Crippen LogP contribution in [0.25, 0.3) is 10.2 Å². The number of carbonyl (C=O) groups excluding carboxylic acids is 1. The molecule has 116 valence electrons. The first-order chi connectivity index (χ1) is 9.86. The van der Waals surface area contributed by atoms with Crippen LogP contribution in [0.5, 0.6) is 0 Å². The van der Waals surface area contributed by atoms with Crippen molar-refractivity contribution in [1.29, 1.82) is 0 Å². The van der Waals surface area contributed by atoms with Gasteiger partial charge in [0, 0.05) is 14.2 Å². The number of aromatic nitrogens is 2. The van der Waals surface area contributed by atoms with Gasteiger partial charge in [0.25, 0.3) is 5.91 Å². The third kappa shape index (κ3) is 2.89. The van der Waals surface area contributed by atoms with Crippen molar-refractivity contribution in [2.75, 3.05) is 19.5 Å². The number of fused-ring (bicyclic) bond motifs is 1. The molecule has 0 radical (unpaired) electrons. The smallest absolute Gasteiger partial charge is 0.263 e. The maximum atomic E-state index is 12.5. The van der Waals surface area contributed by atoms with Crippen LogP contribution in [0, 0.1) is 12.8 Å². The lowest BCUT2D eigenvalue weighted by Gasteiger charge is -2.21. The van der Waals surface area contributed by atoms with E-state index in [0.29, 0.717) is 17.2 Å². The summed E-state index contributed by atoms with van der Waals surface area (Å²) in [5.41, 5.74) is 7.50. The molecule has 0 fully saturated rings. The maximum absolute atomic E-state index is 12.5. The molecular formula is C14H22N4O2S. The minimum absolute atomic E-state index is 0.0358. The summed E-state index contributed by atoms with van der Waals surface area (Å²) in [5, 5.41) is 8.20. The van der Waals surface area contributed by atoms with Crippen LogP contribution in [0.1, 0.15) is 29.2 Å². The number of aryl methyl sites for hydroxylation is 2. The van der Waals surface area contributed by atoms with Crippen molar-refractivity contribution >= 4 is 33.1 Å². The molecule has 1 atom stereocenters. The fourth-order valence-electron chi connectivity index (χ4n) is 2.31. The van der Waals surface area contributed by atoms with E-state index in [1.54, 1.807) is 11.8 Å². The number of rotatable bonds is 5. The van der Waals surface area contributed by atoms with Gasteiger partial charge in [0.15, 0.2) is 0 Å². The molecule has 2 heterocycles. The van der Waals surface area contributed by atoms with Gasteiger partial charge < -0.3 is 15.8 Å². The molecule has 0 saturated heterocycles. The number of ether oxygens (including phenoxy) is 1. The third-order valence-electron chi connectivity index (χ3n) is 3.56. The Kier molecular flexibility index (Phi) is 4.53. The van der Waals surface area contributed by atoms with Gasteiger partial charge in [0.2, 0.25) is 0 Å². The second-order valence-corrected chi connectivity index (χ2v) is 6.51. The second-order valence-electron chi connectivity index (χ2n) is 5.51. The molecule has 21 heavy (non-hydrogen) atoms. The first-order valence-corrected chi connectivity index (χ1v) is 7.69. The Morgan fingerprint density at radius 3 is 2.71 bits per heavy atom. The van der Waals surface area contributed by atoms with Gasteiger partial charge in [-0.25, -0.2) is 0 Å². The molecule has 0 bridgehead atoms. The summed E-state index contributed by atoms with van der Waals surface area (Å²) in [4.78, 5) is 13.9. The number of nitrogens with zero attached hydrogens (tertiary/aromatic N) is 2. The highest BCUT2D eigenvalue weighted by molar-refractivity contribution is 7.21. The minimum Gasteiger partial charge on any atom is -0.397 e. The summed E-state index contributed by atoms with van der Waals surface area (Å²) in [7, 11) is 3.49. The number of hydrogen-bond acceptors (Lipinski definition) is 5. The summed E-state index contributed by atoms with van der Waals surface area (Å²) >= 11 is 1.37. The summed E-state index contributed by atoms with van der Waals surface area (Å²) < 4.78 is 6.92. The van der Waals surface area contributed by atoms with E-state index in [1.165, 1.54) is 11.3 Å². The predicted molar refractivity (Wildman–Crippen MR) is 85.7 cm³/mol. The van der Waals surface area contributed by atoms with Crippen molar-refractivity contribution in [3.8, 4) is 0 Å². The number of nitrogen functional groups attached to an aromatic ring is 1. The quantitative estimate of drug-likeness (QED) is 0.884. The number of anilines is 1. The molecule has 0 aliphatic rings. The lowest BCUT2D eigenvalue weighted by atomic mass is 10.1. The first-order valence-electron chi connectivity index (χ1n) is 6.88. The molecule has 0 aliphatic carbocycles. The number of carbonyl (C=O) groups is 1. The number of amides is 1. The topological polar surface area (TPSA) is 82.2 Å². The summed E-state index contributed by atoms with van der Waals surface area (Å²) in [6, 6.07) is -0.0358. The molecule has 0 aromatic carbocycles. The largest absolute Gasteiger partial charge is 0.397 e. The Morgan fingerprint density at radius 1 is 1.52 bits per heavy atom. The highest BCUT2D eigenvalue weighted by Crippen LogP contribution is 2.35. The maximum Gasteiger partial charge on any atom is 0.263 e. The van der Waals surface area contributed by atoms with E-state index in [1.807, 2.05) is 27.8 Å². The molecular weight excluding hydrogens is 288 g/mol. The predicted octanol–water partition coefficient (Wildman–Crippen LogP) is 1.93. The van der Waals surface area contributed by atoms with Gasteiger partial charge in [0.05, 0.1) is 29.4 Å². The minimum atomic E-state index is -0.149. The van der Waals surface area contributed by atoms with Crippen LogP contribution in [-0.2, 0) is 11.8 Å². The normalized spacial score (nSPS) is 13.0. The number of thiophene rings is 1. The molecule has 2 rings (SSSR count). The molecule has 0 spiro atoms. The molecule has 6 nitrogen and oxygen atoms in total. The van der Waals surface area contributed by atoms with Gasteiger partial charge in [-0.2, -0.15) is 5.10 Å². The second kappa shape index (κ2) is 6.03. The van der Waals surface area contributed by atoms with Crippen molar-refractivity contribution in [2.24, 2.45) is 13.0 Å². The van der Waals surface area contributed by atoms with E-state index >= 15 is 0 Å². The van der Waals surface area contributed by atoms with E-state index in [-0.39, 0.29) is 17.9 Å². The SMILES string of the molecule is COCC(NC(=O)c1sc2c(c(C)nn2C)c1N)C(C)C. The van der Waals surface area contributed by atoms with E-state index in [2.05, 4.69) is 10.4 Å². The molecule has 0 aliphatic heterocycles. The fourth-order valence-corrected chi connectivity index (χ4v) is 3.40. The van der Waals surface area contributed by atoms with Crippen LogP contribution < -0.4 is 11.1 Å². The summed E-state index contributed by atoms with van der Waals surface area (Å²) in [5.74, 6) is 0.136. The third-order valence-corrected chi connectivity index (χ3v) is 4.83. The zero-order valence-electron chi connectivity index (χ0n) is 13.1. The van der Waals surface area contributed by atoms with Crippen molar-refractivity contribution in [3.63, 3.8) is 0 Å². The molecule has 1 amide bonds. The van der Waals surface area contributed by atoms with Crippen molar-refractivity contribution in [3.05, 3.63) is 10.6 Å². The Balaban J connectivity index is 2.31. The van der Waals surface area contributed by atoms with E-state index in [0.717, 1.165) is 15.9 Å². The van der Waals surface area contributed by atoms with Crippen molar-refractivity contribution in [1.82, 2.24) is 15.1 Å². The van der Waals surface area contributed by atoms with Gasteiger partial charge in [-0.1, -0.05) is 13.8 Å². The Morgan fingerprint density at radius 2 is 2.19 bits per heavy atom. The Bertz CT molecular complexity index is 660. The first kappa shape index (κ1) is 15.8. The van der Waals surface area contributed by atoms with Gasteiger partial charge in [-0.15, -0.1) is 11.3 Å².